The van der Waals surface area contributed by atoms with E-state index in [0.29, 0.717) is 43.2 Å². The van der Waals surface area contributed by atoms with Crippen LogP contribution in [-0.2, 0) is 13.5 Å². The lowest BCUT2D eigenvalue weighted by molar-refractivity contribution is 0.0529. The van der Waals surface area contributed by atoms with Crippen LogP contribution in [0.25, 0.3) is 0 Å². The Hall–Kier alpha value is -2.83. The predicted molar refractivity (Wildman–Crippen MR) is 102 cm³/mol. The third-order valence-corrected chi connectivity index (χ3v) is 4.83. The number of benzene rings is 1. The van der Waals surface area contributed by atoms with E-state index in [1.54, 1.807) is 40.8 Å². The number of methoxy groups -OCH3 is 1. The lowest BCUT2D eigenvalue weighted by Gasteiger charge is -2.34. The van der Waals surface area contributed by atoms with Crippen molar-refractivity contribution in [1.82, 2.24) is 19.6 Å². The third-order valence-electron chi connectivity index (χ3n) is 4.83. The van der Waals surface area contributed by atoms with Crippen LogP contribution in [0.2, 0.25) is 0 Å². The third kappa shape index (κ3) is 4.13. The molecule has 2 aromatic rings. The Labute approximate surface area is 159 Å². The second-order valence-electron chi connectivity index (χ2n) is 6.71. The number of rotatable bonds is 5. The van der Waals surface area contributed by atoms with Gasteiger partial charge in [0.1, 0.15) is 11.4 Å². The Morgan fingerprint density at radius 1 is 1.07 bits per heavy atom. The summed E-state index contributed by atoms with van der Waals surface area (Å²) in [7, 11) is 3.38. The zero-order chi connectivity index (χ0) is 19.4. The van der Waals surface area contributed by atoms with Gasteiger partial charge in [-0.15, -0.1) is 0 Å². The van der Waals surface area contributed by atoms with Crippen LogP contribution in [0.15, 0.2) is 30.3 Å². The fraction of sp³-hybridized carbons (Fsp3) is 0.450. The van der Waals surface area contributed by atoms with Crippen LogP contribution in [0.5, 0.6) is 5.75 Å². The predicted octanol–water partition coefficient (Wildman–Crippen LogP) is 1.98. The number of carbonyl (C=O) groups is 2. The molecular weight excluding hydrogens is 344 g/mol. The van der Waals surface area contributed by atoms with Gasteiger partial charge in [0.05, 0.1) is 12.8 Å². The molecule has 7 heteroatoms. The van der Waals surface area contributed by atoms with Crippen molar-refractivity contribution >= 4 is 11.8 Å². The first-order valence-electron chi connectivity index (χ1n) is 9.29. The molecule has 1 aromatic carbocycles. The zero-order valence-corrected chi connectivity index (χ0v) is 16.1. The van der Waals surface area contributed by atoms with Gasteiger partial charge >= 0.3 is 0 Å². The van der Waals surface area contributed by atoms with Crippen LogP contribution in [0, 0.1) is 0 Å². The van der Waals surface area contributed by atoms with Crippen LogP contribution < -0.4 is 4.74 Å². The van der Waals surface area contributed by atoms with Crippen molar-refractivity contribution in [2.75, 3.05) is 33.3 Å². The summed E-state index contributed by atoms with van der Waals surface area (Å²) in [4.78, 5) is 29.1. The number of aromatic nitrogens is 2. The Kier molecular flexibility index (Phi) is 5.78. The van der Waals surface area contributed by atoms with E-state index in [1.165, 1.54) is 0 Å². The molecule has 144 valence electrons. The normalized spacial score (nSPS) is 14.3. The number of nitrogens with zero attached hydrogens (tertiary/aromatic N) is 4. The maximum absolute atomic E-state index is 12.8. The number of ether oxygens (including phenoxy) is 1. The summed E-state index contributed by atoms with van der Waals surface area (Å²) in [5, 5.41) is 4.41. The first-order chi connectivity index (χ1) is 13.0. The highest BCUT2D eigenvalue weighted by atomic mass is 16.5. The molecule has 0 aliphatic carbocycles. The standard InChI is InChI=1S/C20H26N4O3/c1-4-6-16-14-18(22(2)21-16)20(26)24-11-9-23(10-12-24)19(25)15-7-5-8-17(13-15)27-3/h5,7-8,13-14H,4,6,9-12H2,1-3H3. The van der Waals surface area contributed by atoms with E-state index in [-0.39, 0.29) is 11.8 Å². The minimum Gasteiger partial charge on any atom is -0.497 e. The van der Waals surface area contributed by atoms with Crippen LogP contribution in [-0.4, -0.2) is 64.7 Å². The van der Waals surface area contributed by atoms with Crippen LogP contribution in [0.3, 0.4) is 0 Å². The first-order valence-corrected chi connectivity index (χ1v) is 9.29. The lowest BCUT2D eigenvalue weighted by Crippen LogP contribution is -2.50. The second kappa shape index (κ2) is 8.24. The summed E-state index contributed by atoms with van der Waals surface area (Å²) in [5.41, 5.74) is 2.14. The summed E-state index contributed by atoms with van der Waals surface area (Å²) in [6.07, 6.45) is 1.86. The molecule has 0 radical (unpaired) electrons. The van der Waals surface area contributed by atoms with Crippen LogP contribution >= 0.6 is 0 Å². The second-order valence-corrected chi connectivity index (χ2v) is 6.71. The molecule has 0 unspecified atom stereocenters. The van der Waals surface area contributed by atoms with Gasteiger partial charge in [0.2, 0.25) is 0 Å². The molecule has 0 spiro atoms. The number of amides is 2. The van der Waals surface area contributed by atoms with E-state index in [0.717, 1.165) is 18.5 Å². The molecular formula is C20H26N4O3. The van der Waals surface area contributed by atoms with Crippen molar-refractivity contribution in [3.05, 3.63) is 47.3 Å². The summed E-state index contributed by atoms with van der Waals surface area (Å²) < 4.78 is 6.84. The number of carbonyl (C=O) groups excluding carboxylic acids is 2. The van der Waals surface area contributed by atoms with Gasteiger partial charge in [-0.25, -0.2) is 0 Å². The topological polar surface area (TPSA) is 67.7 Å². The molecule has 3 rings (SSSR count). The molecule has 0 atom stereocenters. The summed E-state index contributed by atoms with van der Waals surface area (Å²) in [5.74, 6) is 0.598. The summed E-state index contributed by atoms with van der Waals surface area (Å²) in [6.45, 7) is 4.16. The number of hydrogen-bond donors (Lipinski definition) is 0. The summed E-state index contributed by atoms with van der Waals surface area (Å²) in [6, 6.07) is 9.02. The highest BCUT2D eigenvalue weighted by Crippen LogP contribution is 2.16. The lowest BCUT2D eigenvalue weighted by atomic mass is 10.1. The van der Waals surface area contributed by atoms with Gasteiger partial charge in [-0.1, -0.05) is 19.4 Å². The quantitative estimate of drug-likeness (QED) is 0.807. The zero-order valence-electron chi connectivity index (χ0n) is 16.1. The van der Waals surface area contributed by atoms with Crippen molar-refractivity contribution in [2.45, 2.75) is 19.8 Å². The SMILES string of the molecule is CCCc1cc(C(=O)N2CCN(C(=O)c3cccc(OC)c3)CC2)n(C)n1. The number of aryl methyl sites for hydroxylation is 2. The first kappa shape index (κ1) is 18.9. The molecule has 0 N–H and O–H groups in total. The fourth-order valence-corrected chi connectivity index (χ4v) is 3.32. The molecule has 0 bridgehead atoms. The van der Waals surface area contributed by atoms with E-state index < -0.39 is 0 Å². The molecule has 1 saturated heterocycles. The van der Waals surface area contributed by atoms with Gasteiger partial charge in [0.15, 0.2) is 0 Å². The Balaban J connectivity index is 1.62. The maximum atomic E-state index is 12.8. The Bertz CT molecular complexity index is 822. The van der Waals surface area contributed by atoms with Crippen LogP contribution in [0.4, 0.5) is 0 Å². The van der Waals surface area contributed by atoms with E-state index >= 15 is 0 Å². The Morgan fingerprint density at radius 3 is 2.37 bits per heavy atom. The van der Waals surface area contributed by atoms with E-state index in [9.17, 15) is 9.59 Å². The highest BCUT2D eigenvalue weighted by Gasteiger charge is 2.27. The molecule has 7 nitrogen and oxygen atoms in total. The molecule has 27 heavy (non-hydrogen) atoms. The molecule has 1 aliphatic rings. The van der Waals surface area contributed by atoms with Crippen LogP contribution in [0.1, 0.15) is 39.9 Å². The minimum absolute atomic E-state index is 0.0270. The monoisotopic (exact) mass is 370 g/mol. The molecule has 0 saturated carbocycles. The molecule has 2 heterocycles. The minimum atomic E-state index is -0.0354. The highest BCUT2D eigenvalue weighted by molar-refractivity contribution is 5.95. The van der Waals surface area contributed by atoms with E-state index in [1.807, 2.05) is 18.2 Å². The van der Waals surface area contributed by atoms with E-state index in [2.05, 4.69) is 12.0 Å². The number of hydrogen-bond acceptors (Lipinski definition) is 4. The summed E-state index contributed by atoms with van der Waals surface area (Å²) >= 11 is 0. The van der Waals surface area contributed by atoms with Gasteiger partial charge in [0, 0.05) is 38.8 Å². The van der Waals surface area contributed by atoms with Crippen molar-refractivity contribution < 1.29 is 14.3 Å². The average Bonchev–Trinajstić information content (AvgIpc) is 3.07. The fourth-order valence-electron chi connectivity index (χ4n) is 3.32. The van der Waals surface area contributed by atoms with Gasteiger partial charge in [-0.2, -0.15) is 5.10 Å². The Morgan fingerprint density at radius 2 is 1.74 bits per heavy atom. The van der Waals surface area contributed by atoms with Gasteiger partial charge in [0.25, 0.3) is 11.8 Å². The van der Waals surface area contributed by atoms with Crippen molar-refractivity contribution in [3.63, 3.8) is 0 Å². The maximum Gasteiger partial charge on any atom is 0.272 e. The smallest absolute Gasteiger partial charge is 0.272 e. The molecule has 1 aromatic heterocycles. The van der Waals surface area contributed by atoms with E-state index in [4.69, 9.17) is 4.74 Å². The number of piperazine rings is 1. The molecule has 1 aliphatic heterocycles. The van der Waals surface area contributed by atoms with Gasteiger partial charge in [-0.05, 0) is 30.7 Å². The average molecular weight is 370 g/mol. The van der Waals surface area contributed by atoms with Crippen molar-refractivity contribution in [3.8, 4) is 5.75 Å². The molecule has 1 fully saturated rings. The van der Waals surface area contributed by atoms with Gasteiger partial charge in [-0.3, -0.25) is 14.3 Å². The van der Waals surface area contributed by atoms with Crippen molar-refractivity contribution in [1.29, 1.82) is 0 Å². The van der Waals surface area contributed by atoms with Crippen molar-refractivity contribution in [2.24, 2.45) is 7.05 Å². The molecule has 2 amide bonds. The van der Waals surface area contributed by atoms with Gasteiger partial charge < -0.3 is 14.5 Å². The largest absolute Gasteiger partial charge is 0.497 e.